The number of hydrogen-bond donors (Lipinski definition) is 0. The molecule has 8 heteroatoms. The molecule has 4 atom stereocenters. The number of ether oxygens (including phenoxy) is 4. The number of rotatable bonds is 13. The van der Waals surface area contributed by atoms with Crippen molar-refractivity contribution in [2.45, 2.75) is 60.6 Å². The average Bonchev–Trinajstić information content (AvgIpc) is 2.57. The molecule has 0 aliphatic heterocycles. The summed E-state index contributed by atoms with van der Waals surface area (Å²) in [6, 6.07) is 0. The summed E-state index contributed by atoms with van der Waals surface area (Å²) in [5, 5.41) is 0. The van der Waals surface area contributed by atoms with Gasteiger partial charge in [0.05, 0.1) is 26.4 Å². The van der Waals surface area contributed by atoms with Gasteiger partial charge in [0.15, 0.2) is 12.2 Å². The minimum atomic E-state index is -1.12. The second kappa shape index (κ2) is 14.5. The molecule has 0 rings (SSSR count). The molecule has 0 aliphatic carbocycles. The van der Waals surface area contributed by atoms with Gasteiger partial charge in [-0.25, -0.2) is 9.59 Å². The van der Waals surface area contributed by atoms with E-state index in [1.54, 1.807) is 13.8 Å². The van der Waals surface area contributed by atoms with Gasteiger partial charge in [-0.05, 0) is 26.7 Å². The Balaban J connectivity index is 5.18. The Hall–Kier alpha value is 0.320. The zero-order valence-electron chi connectivity index (χ0n) is 14.8. The monoisotopic (exact) mass is 570 g/mol. The van der Waals surface area contributed by atoms with E-state index in [4.69, 9.17) is 18.9 Å². The number of alkyl halides is 2. The minimum absolute atomic E-state index is 0.208. The highest BCUT2D eigenvalue weighted by molar-refractivity contribution is 14.1. The molecule has 0 aromatic heterocycles. The lowest BCUT2D eigenvalue weighted by atomic mass is 10.2. The van der Waals surface area contributed by atoms with Crippen molar-refractivity contribution in [1.29, 1.82) is 0 Å². The molecule has 0 radical (unpaired) electrons. The number of hydrogen-bond acceptors (Lipinski definition) is 6. The highest BCUT2D eigenvalue weighted by Crippen LogP contribution is 2.16. The van der Waals surface area contributed by atoms with Crippen molar-refractivity contribution in [2.24, 2.45) is 0 Å². The zero-order chi connectivity index (χ0) is 18.5. The van der Waals surface area contributed by atoms with Crippen LogP contribution in [0.5, 0.6) is 0 Å². The predicted molar refractivity (Wildman–Crippen MR) is 109 cm³/mol. The van der Waals surface area contributed by atoms with Crippen LogP contribution in [0.3, 0.4) is 0 Å². The van der Waals surface area contributed by atoms with E-state index in [0.29, 0.717) is 13.2 Å². The summed E-state index contributed by atoms with van der Waals surface area (Å²) in [6.45, 7) is 8.56. The molecule has 0 aliphatic rings. The van der Waals surface area contributed by atoms with Gasteiger partial charge in [-0.15, -0.1) is 0 Å². The van der Waals surface area contributed by atoms with Gasteiger partial charge in [-0.3, -0.25) is 0 Å². The third-order valence-electron chi connectivity index (χ3n) is 3.11. The first-order valence-electron chi connectivity index (χ1n) is 8.25. The molecule has 24 heavy (non-hydrogen) atoms. The van der Waals surface area contributed by atoms with Gasteiger partial charge in [0, 0.05) is 7.85 Å². The maximum absolute atomic E-state index is 12.3. The Labute approximate surface area is 172 Å². The summed E-state index contributed by atoms with van der Waals surface area (Å²) < 4.78 is 22.0. The largest absolute Gasteiger partial charge is 0.464 e. The first-order valence-corrected chi connectivity index (χ1v) is 10.7. The summed E-state index contributed by atoms with van der Waals surface area (Å²) in [6.07, 6.45) is -0.444. The molecule has 0 aromatic rings. The normalized spacial score (nSPS) is 16.1. The number of esters is 2. The third-order valence-corrected chi connectivity index (χ3v) is 5.59. The molecular formula is C16H28I2O6. The SMILES string of the molecule is CCOC(=O)C(OCC(I)CC)C(OCC(I)CC)C(=O)OCC. The molecule has 0 saturated heterocycles. The summed E-state index contributed by atoms with van der Waals surface area (Å²) in [5.41, 5.74) is 0. The van der Waals surface area contributed by atoms with Gasteiger partial charge >= 0.3 is 11.9 Å². The molecule has 0 saturated carbocycles. The summed E-state index contributed by atoms with van der Waals surface area (Å²) in [4.78, 5) is 24.5. The molecule has 6 nitrogen and oxygen atoms in total. The first kappa shape index (κ1) is 24.3. The molecule has 142 valence electrons. The van der Waals surface area contributed by atoms with Gasteiger partial charge in [-0.1, -0.05) is 59.0 Å². The molecule has 0 fully saturated rings. The molecule has 0 bridgehead atoms. The van der Waals surface area contributed by atoms with Crippen molar-refractivity contribution in [3.05, 3.63) is 0 Å². The summed E-state index contributed by atoms with van der Waals surface area (Å²) in [5.74, 6) is -1.20. The quantitative estimate of drug-likeness (QED) is 0.193. The van der Waals surface area contributed by atoms with Gasteiger partial charge in [0.1, 0.15) is 0 Å². The smallest absolute Gasteiger partial charge is 0.338 e. The Kier molecular flexibility index (Phi) is 14.7. The Morgan fingerprint density at radius 1 is 0.750 bits per heavy atom. The van der Waals surface area contributed by atoms with Crippen LogP contribution in [0.15, 0.2) is 0 Å². The van der Waals surface area contributed by atoms with Crippen molar-refractivity contribution >= 4 is 57.1 Å². The standard InChI is InChI=1S/C16H28I2O6/c1-5-11(17)9-23-13(15(19)21-7-3)14(16(20)22-8-4)24-10-12(18)6-2/h11-14H,5-10H2,1-4H3. The van der Waals surface area contributed by atoms with E-state index in [0.717, 1.165) is 12.8 Å². The van der Waals surface area contributed by atoms with Crippen LogP contribution in [0.2, 0.25) is 0 Å². The van der Waals surface area contributed by atoms with E-state index < -0.39 is 24.1 Å². The highest BCUT2D eigenvalue weighted by Gasteiger charge is 2.38. The van der Waals surface area contributed by atoms with E-state index in [1.165, 1.54) is 0 Å². The Morgan fingerprint density at radius 2 is 1.08 bits per heavy atom. The van der Waals surface area contributed by atoms with Crippen LogP contribution in [0.25, 0.3) is 0 Å². The average molecular weight is 570 g/mol. The maximum atomic E-state index is 12.3. The molecule has 0 heterocycles. The van der Waals surface area contributed by atoms with Crippen LogP contribution in [-0.4, -0.2) is 58.4 Å². The van der Waals surface area contributed by atoms with Crippen molar-refractivity contribution in [3.63, 3.8) is 0 Å². The van der Waals surface area contributed by atoms with Crippen LogP contribution in [0, 0.1) is 0 Å². The Bertz CT molecular complexity index is 332. The van der Waals surface area contributed by atoms with Crippen LogP contribution in [0.4, 0.5) is 0 Å². The predicted octanol–water partition coefficient (Wildman–Crippen LogP) is 3.31. The van der Waals surface area contributed by atoms with Gasteiger partial charge in [-0.2, -0.15) is 0 Å². The van der Waals surface area contributed by atoms with E-state index >= 15 is 0 Å². The molecule has 0 N–H and O–H groups in total. The van der Waals surface area contributed by atoms with Crippen LogP contribution in [-0.2, 0) is 28.5 Å². The number of carbonyl (C=O) groups is 2. The lowest BCUT2D eigenvalue weighted by molar-refractivity contribution is -0.182. The molecule has 0 aromatic carbocycles. The van der Waals surface area contributed by atoms with Gasteiger partial charge < -0.3 is 18.9 Å². The Morgan fingerprint density at radius 3 is 1.33 bits per heavy atom. The highest BCUT2D eigenvalue weighted by atomic mass is 127. The maximum Gasteiger partial charge on any atom is 0.338 e. The molecule has 0 spiro atoms. The van der Waals surface area contributed by atoms with Crippen LogP contribution >= 0.6 is 45.2 Å². The van der Waals surface area contributed by atoms with E-state index in [-0.39, 0.29) is 21.1 Å². The minimum Gasteiger partial charge on any atom is -0.464 e. The number of halogens is 2. The lowest BCUT2D eigenvalue weighted by Gasteiger charge is -2.26. The fourth-order valence-electron chi connectivity index (χ4n) is 1.66. The fraction of sp³-hybridized carbons (Fsp3) is 0.875. The summed E-state index contributed by atoms with van der Waals surface area (Å²) >= 11 is 4.49. The molecule has 0 amide bonds. The second-order valence-electron chi connectivity index (χ2n) is 5.02. The van der Waals surface area contributed by atoms with Crippen molar-refractivity contribution < 1.29 is 28.5 Å². The van der Waals surface area contributed by atoms with Crippen molar-refractivity contribution in [3.8, 4) is 0 Å². The fourth-order valence-corrected chi connectivity index (χ4v) is 2.07. The first-order chi connectivity index (χ1) is 11.4. The van der Waals surface area contributed by atoms with E-state index in [1.807, 2.05) is 13.8 Å². The van der Waals surface area contributed by atoms with Crippen molar-refractivity contribution in [1.82, 2.24) is 0 Å². The van der Waals surface area contributed by atoms with Gasteiger partial charge in [0.25, 0.3) is 0 Å². The molecular weight excluding hydrogens is 542 g/mol. The lowest BCUT2D eigenvalue weighted by Crippen LogP contribution is -2.46. The molecule has 4 unspecified atom stereocenters. The number of carbonyl (C=O) groups excluding carboxylic acids is 2. The van der Waals surface area contributed by atoms with Crippen LogP contribution < -0.4 is 0 Å². The summed E-state index contributed by atoms with van der Waals surface area (Å²) in [7, 11) is 0. The van der Waals surface area contributed by atoms with E-state index in [9.17, 15) is 9.59 Å². The van der Waals surface area contributed by atoms with Crippen LogP contribution in [0.1, 0.15) is 40.5 Å². The second-order valence-corrected chi connectivity index (χ2v) is 8.55. The van der Waals surface area contributed by atoms with Crippen molar-refractivity contribution in [2.75, 3.05) is 26.4 Å². The zero-order valence-corrected chi connectivity index (χ0v) is 19.1. The van der Waals surface area contributed by atoms with E-state index in [2.05, 4.69) is 45.2 Å². The topological polar surface area (TPSA) is 71.1 Å². The third kappa shape index (κ3) is 9.71. The van der Waals surface area contributed by atoms with Gasteiger partial charge in [0.2, 0.25) is 0 Å².